The minimum absolute atomic E-state index is 0.174. The van der Waals surface area contributed by atoms with E-state index in [0.29, 0.717) is 30.4 Å². The number of hydrogen-bond donors (Lipinski definition) is 3. The summed E-state index contributed by atoms with van der Waals surface area (Å²) in [7, 11) is 1.89. The molecule has 3 rings (SSSR count). The number of aliphatic imine (C=N–C) groups is 1. The van der Waals surface area contributed by atoms with E-state index < -0.39 is 0 Å². The van der Waals surface area contributed by atoms with Crippen molar-refractivity contribution in [2.24, 2.45) is 12.0 Å². The number of guanidine groups is 1. The molecule has 1 heterocycles. The second-order valence-electron chi connectivity index (χ2n) is 7.73. The van der Waals surface area contributed by atoms with Crippen LogP contribution >= 0.6 is 0 Å². The molecule has 2 amide bonds. The summed E-state index contributed by atoms with van der Waals surface area (Å²) in [6.45, 7) is 8.22. The van der Waals surface area contributed by atoms with Gasteiger partial charge in [0.05, 0.1) is 18.8 Å². The molecule has 2 aromatic carbocycles. The number of ether oxygens (including phenoxy) is 1. The number of carbonyl (C=O) groups is 2. The van der Waals surface area contributed by atoms with Gasteiger partial charge in [-0.3, -0.25) is 19.6 Å². The monoisotopic (exact) mass is 462 g/mol. The van der Waals surface area contributed by atoms with Crippen LogP contribution in [0.15, 0.2) is 53.5 Å². The quantitative estimate of drug-likeness (QED) is 0.366. The summed E-state index contributed by atoms with van der Waals surface area (Å²) in [5.74, 6) is 0.567. The lowest BCUT2D eigenvalue weighted by Gasteiger charge is -2.13. The predicted molar refractivity (Wildman–Crippen MR) is 133 cm³/mol. The van der Waals surface area contributed by atoms with E-state index >= 15 is 0 Å². The number of nitrogens with zero attached hydrogens (tertiary/aromatic N) is 3. The predicted octanol–water partition coefficient (Wildman–Crippen LogP) is 3.79. The van der Waals surface area contributed by atoms with E-state index in [9.17, 15) is 9.59 Å². The first-order valence-electron chi connectivity index (χ1n) is 11.0. The van der Waals surface area contributed by atoms with Gasteiger partial charge in [0.2, 0.25) is 11.9 Å². The van der Waals surface area contributed by atoms with Crippen LogP contribution in [0, 0.1) is 13.8 Å². The molecule has 34 heavy (non-hydrogen) atoms. The van der Waals surface area contributed by atoms with E-state index in [-0.39, 0.29) is 11.8 Å². The number of aryl methyl sites for hydroxylation is 2. The highest BCUT2D eigenvalue weighted by Gasteiger charge is 2.13. The van der Waals surface area contributed by atoms with E-state index in [1.807, 2.05) is 56.8 Å². The van der Waals surface area contributed by atoms with Gasteiger partial charge in [0.1, 0.15) is 5.75 Å². The molecule has 0 radical (unpaired) electrons. The van der Waals surface area contributed by atoms with E-state index in [1.54, 1.807) is 24.3 Å². The van der Waals surface area contributed by atoms with Crippen molar-refractivity contribution < 1.29 is 14.3 Å². The van der Waals surface area contributed by atoms with Crippen molar-refractivity contribution in [2.75, 3.05) is 17.2 Å². The van der Waals surface area contributed by atoms with Gasteiger partial charge < -0.3 is 15.4 Å². The minimum Gasteiger partial charge on any atom is -0.494 e. The number of anilines is 2. The lowest BCUT2D eigenvalue weighted by atomic mass is 10.2. The number of benzene rings is 2. The second-order valence-corrected chi connectivity index (χ2v) is 7.73. The molecule has 3 N–H and O–H groups in total. The van der Waals surface area contributed by atoms with Crippen molar-refractivity contribution in [1.29, 1.82) is 0 Å². The summed E-state index contributed by atoms with van der Waals surface area (Å²) in [6, 6.07) is 14.0. The van der Waals surface area contributed by atoms with Crippen molar-refractivity contribution in [1.82, 2.24) is 15.1 Å². The first-order chi connectivity index (χ1) is 16.3. The van der Waals surface area contributed by atoms with E-state index in [0.717, 1.165) is 28.4 Å². The third-order valence-corrected chi connectivity index (χ3v) is 5.18. The molecular formula is C25H30N6O3. The van der Waals surface area contributed by atoms with Crippen molar-refractivity contribution in [2.45, 2.75) is 34.2 Å². The Labute approximate surface area is 199 Å². The summed E-state index contributed by atoms with van der Waals surface area (Å²) in [6.07, 6.45) is 0. The van der Waals surface area contributed by atoms with Crippen LogP contribution in [0.4, 0.5) is 11.4 Å². The van der Waals surface area contributed by atoms with Crippen LogP contribution in [0.3, 0.4) is 0 Å². The lowest BCUT2D eigenvalue weighted by molar-refractivity contribution is -0.114. The second kappa shape index (κ2) is 11.1. The van der Waals surface area contributed by atoms with Crippen LogP contribution in [0.5, 0.6) is 5.75 Å². The van der Waals surface area contributed by atoms with Gasteiger partial charge in [-0.2, -0.15) is 5.10 Å². The molecule has 178 valence electrons. The molecule has 0 unspecified atom stereocenters. The Morgan fingerprint density at radius 2 is 1.62 bits per heavy atom. The molecule has 0 bridgehead atoms. The number of carbonyl (C=O) groups excluding carboxylic acids is 2. The summed E-state index contributed by atoms with van der Waals surface area (Å²) in [5, 5.41) is 13.1. The molecule has 0 aliphatic carbocycles. The molecule has 0 spiro atoms. The van der Waals surface area contributed by atoms with Crippen molar-refractivity contribution in [3.63, 3.8) is 0 Å². The molecule has 0 aliphatic rings. The fraction of sp³-hybridized carbons (Fsp3) is 0.280. The zero-order chi connectivity index (χ0) is 24.7. The standard InChI is InChI=1S/C25H30N6O3/c1-6-34-22-13-11-21(12-14-22)28-25(26-15-23-16(2)30-31(5)17(23)3)29-24(33)19-7-9-20(10-8-19)27-18(4)32/h7-14H,6,15H2,1-5H3,(H,27,32)(H2,26,28,29,33). The number of rotatable bonds is 7. The van der Waals surface area contributed by atoms with E-state index in [4.69, 9.17) is 4.74 Å². The average Bonchev–Trinajstić information content (AvgIpc) is 3.04. The van der Waals surface area contributed by atoms with Gasteiger partial charge in [0.15, 0.2) is 0 Å². The van der Waals surface area contributed by atoms with E-state index in [2.05, 4.69) is 26.0 Å². The summed E-state index contributed by atoms with van der Waals surface area (Å²) < 4.78 is 7.31. The maximum Gasteiger partial charge on any atom is 0.257 e. The first kappa shape index (κ1) is 24.5. The molecule has 0 atom stereocenters. The average molecular weight is 463 g/mol. The Hall–Kier alpha value is -4.14. The number of hydrogen-bond acceptors (Lipinski definition) is 5. The minimum atomic E-state index is -0.328. The van der Waals surface area contributed by atoms with Gasteiger partial charge in [-0.15, -0.1) is 0 Å². The molecule has 1 aromatic heterocycles. The fourth-order valence-corrected chi connectivity index (χ4v) is 3.34. The lowest BCUT2D eigenvalue weighted by Crippen LogP contribution is -2.36. The third-order valence-electron chi connectivity index (χ3n) is 5.18. The smallest absolute Gasteiger partial charge is 0.257 e. The molecule has 9 heteroatoms. The van der Waals surface area contributed by atoms with Crippen LogP contribution in [-0.4, -0.2) is 34.2 Å². The van der Waals surface area contributed by atoms with Gasteiger partial charge in [-0.05, 0) is 69.3 Å². The summed E-state index contributed by atoms with van der Waals surface area (Å²) in [5.41, 5.74) is 4.72. The Bertz CT molecular complexity index is 1180. The highest BCUT2D eigenvalue weighted by Crippen LogP contribution is 2.17. The molecule has 9 nitrogen and oxygen atoms in total. The van der Waals surface area contributed by atoms with Crippen molar-refractivity contribution in [3.05, 3.63) is 71.0 Å². The molecule has 0 fully saturated rings. The Morgan fingerprint density at radius 3 is 2.18 bits per heavy atom. The van der Waals surface area contributed by atoms with Gasteiger partial charge in [0, 0.05) is 42.2 Å². The van der Waals surface area contributed by atoms with Crippen LogP contribution < -0.4 is 20.7 Å². The molecule has 3 aromatic rings. The third kappa shape index (κ3) is 6.44. The van der Waals surface area contributed by atoms with Gasteiger partial charge in [0.25, 0.3) is 5.91 Å². The highest BCUT2D eigenvalue weighted by molar-refractivity contribution is 6.10. The van der Waals surface area contributed by atoms with Gasteiger partial charge in [-0.25, -0.2) is 4.99 Å². The zero-order valence-corrected chi connectivity index (χ0v) is 20.1. The maximum atomic E-state index is 12.9. The topological polar surface area (TPSA) is 110 Å². The largest absolute Gasteiger partial charge is 0.494 e. The number of nitrogens with one attached hydrogen (secondary N) is 3. The molecular weight excluding hydrogens is 432 g/mol. The number of amides is 2. The Morgan fingerprint density at radius 1 is 1.00 bits per heavy atom. The van der Waals surface area contributed by atoms with Crippen molar-refractivity contribution in [3.8, 4) is 5.75 Å². The first-order valence-corrected chi connectivity index (χ1v) is 11.0. The van der Waals surface area contributed by atoms with Gasteiger partial charge in [-0.1, -0.05) is 0 Å². The summed E-state index contributed by atoms with van der Waals surface area (Å²) in [4.78, 5) is 28.8. The Kier molecular flexibility index (Phi) is 8.02. The molecule has 0 aliphatic heterocycles. The number of aromatic nitrogens is 2. The van der Waals surface area contributed by atoms with Crippen LogP contribution in [-0.2, 0) is 18.4 Å². The SMILES string of the molecule is CCOc1ccc(NC(=NCc2c(C)nn(C)c2C)NC(=O)c2ccc(NC(C)=O)cc2)cc1. The molecule has 0 saturated carbocycles. The van der Waals surface area contributed by atoms with Crippen LogP contribution in [0.2, 0.25) is 0 Å². The normalized spacial score (nSPS) is 11.1. The summed E-state index contributed by atoms with van der Waals surface area (Å²) >= 11 is 0. The zero-order valence-electron chi connectivity index (χ0n) is 20.1. The maximum absolute atomic E-state index is 12.9. The Balaban J connectivity index is 1.81. The van der Waals surface area contributed by atoms with Crippen LogP contribution in [0.1, 0.15) is 41.2 Å². The van der Waals surface area contributed by atoms with E-state index in [1.165, 1.54) is 6.92 Å². The molecule has 0 saturated heterocycles. The van der Waals surface area contributed by atoms with Gasteiger partial charge >= 0.3 is 0 Å². The highest BCUT2D eigenvalue weighted by atomic mass is 16.5. The van der Waals surface area contributed by atoms with Crippen LogP contribution in [0.25, 0.3) is 0 Å². The fourth-order valence-electron chi connectivity index (χ4n) is 3.34. The van der Waals surface area contributed by atoms with Crippen molar-refractivity contribution >= 4 is 29.1 Å².